The van der Waals surface area contributed by atoms with Gasteiger partial charge >= 0.3 is 0 Å². The second-order valence-corrected chi connectivity index (χ2v) is 2.30. The van der Waals surface area contributed by atoms with Gasteiger partial charge in [-0.2, -0.15) is 0 Å². The number of aliphatic hydroxyl groups is 1. The predicted molar refractivity (Wildman–Crippen MR) is 41.3 cm³/mol. The van der Waals surface area contributed by atoms with Crippen molar-refractivity contribution in [2.45, 2.75) is 27.1 Å². The summed E-state index contributed by atoms with van der Waals surface area (Å²) in [7, 11) is 0. The van der Waals surface area contributed by atoms with Gasteiger partial charge in [0.1, 0.15) is 0 Å². The molecule has 0 amide bonds. The summed E-state index contributed by atoms with van der Waals surface area (Å²) in [5.74, 6) is 0. The summed E-state index contributed by atoms with van der Waals surface area (Å²) in [6.45, 7) is 6.57. The maximum Gasteiger partial charge on any atom is 0.151 e. The lowest BCUT2D eigenvalue weighted by atomic mass is 10.5. The molecule has 0 aliphatic carbocycles. The Kier molecular flexibility index (Phi) is 5.16. The third-order valence-electron chi connectivity index (χ3n) is 0.878. The zero-order valence-corrected chi connectivity index (χ0v) is 6.79. The van der Waals surface area contributed by atoms with Crippen LogP contribution in [0.4, 0.5) is 0 Å². The number of rotatable bonds is 4. The molecule has 0 bridgehead atoms. The lowest BCUT2D eigenvalue weighted by molar-refractivity contribution is -0.0818. The Bertz CT molecular complexity index is 106. The van der Waals surface area contributed by atoms with Gasteiger partial charge in [-0.15, -0.1) is 0 Å². The highest BCUT2D eigenvalue weighted by molar-refractivity contribution is 5.78. The van der Waals surface area contributed by atoms with Gasteiger partial charge in [0.15, 0.2) is 6.29 Å². The van der Waals surface area contributed by atoms with E-state index in [2.05, 4.69) is 4.99 Å². The monoisotopic (exact) mass is 145 g/mol. The van der Waals surface area contributed by atoms with Crippen LogP contribution in [0.25, 0.3) is 0 Å². The summed E-state index contributed by atoms with van der Waals surface area (Å²) in [4.78, 5) is 4.08. The standard InChI is InChI=1S/C7H15NO2/c1-6(2)8-4-5-10-7(3)9/h7,9H,4-5H2,1-3H3. The van der Waals surface area contributed by atoms with Crippen molar-refractivity contribution < 1.29 is 9.84 Å². The van der Waals surface area contributed by atoms with E-state index < -0.39 is 6.29 Å². The van der Waals surface area contributed by atoms with Crippen LogP contribution in [0.2, 0.25) is 0 Å². The highest BCUT2D eigenvalue weighted by Gasteiger charge is 1.91. The van der Waals surface area contributed by atoms with Crippen molar-refractivity contribution in [3.63, 3.8) is 0 Å². The van der Waals surface area contributed by atoms with Crippen LogP contribution in [-0.4, -0.2) is 30.3 Å². The fraction of sp³-hybridized carbons (Fsp3) is 0.857. The maximum atomic E-state index is 8.65. The Labute approximate surface area is 61.7 Å². The van der Waals surface area contributed by atoms with Crippen LogP contribution < -0.4 is 0 Å². The van der Waals surface area contributed by atoms with Crippen molar-refractivity contribution in [3.8, 4) is 0 Å². The summed E-state index contributed by atoms with van der Waals surface area (Å²) in [5, 5.41) is 8.65. The minimum Gasteiger partial charge on any atom is -0.368 e. The molecule has 0 heterocycles. The van der Waals surface area contributed by atoms with E-state index in [4.69, 9.17) is 9.84 Å². The van der Waals surface area contributed by atoms with Crippen LogP contribution in [0.1, 0.15) is 20.8 Å². The molecule has 0 aromatic carbocycles. The van der Waals surface area contributed by atoms with Crippen molar-refractivity contribution in [1.29, 1.82) is 0 Å². The Morgan fingerprint density at radius 2 is 2.20 bits per heavy atom. The minimum atomic E-state index is -0.674. The lowest BCUT2D eigenvalue weighted by Gasteiger charge is -2.03. The number of nitrogens with zero attached hydrogens (tertiary/aromatic N) is 1. The molecule has 0 saturated carbocycles. The molecular formula is C7H15NO2. The largest absolute Gasteiger partial charge is 0.368 e. The molecule has 0 radical (unpaired) electrons. The molecule has 3 heteroatoms. The fourth-order valence-electron chi connectivity index (χ4n) is 0.493. The van der Waals surface area contributed by atoms with Crippen molar-refractivity contribution in [2.75, 3.05) is 13.2 Å². The molecule has 0 aromatic heterocycles. The molecule has 0 spiro atoms. The molecule has 1 unspecified atom stereocenters. The molecule has 10 heavy (non-hydrogen) atoms. The predicted octanol–water partition coefficient (Wildman–Crippen LogP) is 0.822. The van der Waals surface area contributed by atoms with Gasteiger partial charge in [-0.05, 0) is 20.8 Å². The van der Waals surface area contributed by atoms with Gasteiger partial charge in [0.25, 0.3) is 0 Å². The van der Waals surface area contributed by atoms with E-state index in [1.54, 1.807) is 6.92 Å². The second-order valence-electron chi connectivity index (χ2n) is 2.30. The SMILES string of the molecule is CC(C)=NCCOC(C)O. The third kappa shape index (κ3) is 7.59. The smallest absolute Gasteiger partial charge is 0.151 e. The molecular weight excluding hydrogens is 130 g/mol. The minimum absolute atomic E-state index is 0.489. The van der Waals surface area contributed by atoms with E-state index in [1.165, 1.54) is 0 Å². The van der Waals surface area contributed by atoms with Gasteiger partial charge < -0.3 is 9.84 Å². The van der Waals surface area contributed by atoms with Crippen molar-refractivity contribution in [2.24, 2.45) is 4.99 Å². The van der Waals surface area contributed by atoms with E-state index in [1.807, 2.05) is 13.8 Å². The van der Waals surface area contributed by atoms with Crippen LogP contribution in [0, 0.1) is 0 Å². The Hall–Kier alpha value is -0.410. The summed E-state index contributed by atoms with van der Waals surface area (Å²) < 4.78 is 4.84. The topological polar surface area (TPSA) is 41.8 Å². The molecule has 1 atom stereocenters. The fourth-order valence-corrected chi connectivity index (χ4v) is 0.493. The molecule has 3 nitrogen and oxygen atoms in total. The van der Waals surface area contributed by atoms with Crippen LogP contribution in [0.3, 0.4) is 0 Å². The van der Waals surface area contributed by atoms with E-state index in [-0.39, 0.29) is 0 Å². The number of aliphatic imine (C=N–C) groups is 1. The molecule has 1 N–H and O–H groups in total. The average Bonchev–Trinajstić information content (AvgIpc) is 1.79. The molecule has 0 rings (SSSR count). The second kappa shape index (κ2) is 5.38. The van der Waals surface area contributed by atoms with Gasteiger partial charge in [-0.1, -0.05) is 0 Å². The molecule has 60 valence electrons. The van der Waals surface area contributed by atoms with Crippen molar-refractivity contribution >= 4 is 5.71 Å². The Morgan fingerprint density at radius 3 is 2.60 bits per heavy atom. The molecule has 0 fully saturated rings. The van der Waals surface area contributed by atoms with Gasteiger partial charge in [0.05, 0.1) is 13.2 Å². The van der Waals surface area contributed by atoms with Crippen LogP contribution in [0.15, 0.2) is 4.99 Å². The van der Waals surface area contributed by atoms with Crippen LogP contribution >= 0.6 is 0 Å². The molecule has 0 aromatic rings. The first kappa shape index (κ1) is 9.59. The van der Waals surface area contributed by atoms with Crippen LogP contribution in [-0.2, 0) is 4.74 Å². The van der Waals surface area contributed by atoms with Crippen LogP contribution in [0.5, 0.6) is 0 Å². The van der Waals surface area contributed by atoms with E-state index in [9.17, 15) is 0 Å². The Morgan fingerprint density at radius 1 is 1.60 bits per heavy atom. The number of hydrogen-bond acceptors (Lipinski definition) is 3. The molecule has 0 aliphatic heterocycles. The van der Waals surface area contributed by atoms with E-state index in [0.717, 1.165) is 5.71 Å². The first-order valence-corrected chi connectivity index (χ1v) is 3.40. The highest BCUT2D eigenvalue weighted by Crippen LogP contribution is 1.84. The van der Waals surface area contributed by atoms with Crippen molar-refractivity contribution in [3.05, 3.63) is 0 Å². The first-order chi connectivity index (χ1) is 4.63. The van der Waals surface area contributed by atoms with Gasteiger partial charge in [0, 0.05) is 5.71 Å². The normalized spacial score (nSPS) is 12.8. The number of aliphatic hydroxyl groups excluding tert-OH is 1. The summed E-state index contributed by atoms with van der Waals surface area (Å²) in [6.07, 6.45) is -0.674. The van der Waals surface area contributed by atoms with Gasteiger partial charge in [0.2, 0.25) is 0 Å². The maximum absolute atomic E-state index is 8.65. The van der Waals surface area contributed by atoms with Crippen molar-refractivity contribution in [1.82, 2.24) is 0 Å². The quantitative estimate of drug-likeness (QED) is 0.361. The lowest BCUT2D eigenvalue weighted by Crippen LogP contribution is -2.09. The number of ether oxygens (including phenoxy) is 1. The first-order valence-electron chi connectivity index (χ1n) is 3.40. The summed E-state index contributed by atoms with van der Waals surface area (Å²) >= 11 is 0. The van der Waals surface area contributed by atoms with E-state index >= 15 is 0 Å². The molecule has 0 saturated heterocycles. The average molecular weight is 145 g/mol. The zero-order chi connectivity index (χ0) is 7.98. The summed E-state index contributed by atoms with van der Waals surface area (Å²) in [5.41, 5.74) is 1.04. The third-order valence-corrected chi connectivity index (χ3v) is 0.878. The van der Waals surface area contributed by atoms with Gasteiger partial charge in [-0.25, -0.2) is 0 Å². The van der Waals surface area contributed by atoms with E-state index in [0.29, 0.717) is 13.2 Å². The Balaban J connectivity index is 3.13. The van der Waals surface area contributed by atoms with Gasteiger partial charge in [-0.3, -0.25) is 4.99 Å². The summed E-state index contributed by atoms with van der Waals surface area (Å²) in [6, 6.07) is 0. The number of hydrogen-bond donors (Lipinski definition) is 1. The molecule has 0 aliphatic rings. The zero-order valence-electron chi connectivity index (χ0n) is 6.79. The highest BCUT2D eigenvalue weighted by atomic mass is 16.6.